The van der Waals surface area contributed by atoms with Crippen molar-refractivity contribution in [2.45, 2.75) is 26.0 Å². The third-order valence-electron chi connectivity index (χ3n) is 3.41. The summed E-state index contributed by atoms with van der Waals surface area (Å²) in [4.78, 5) is 13.7. The Balaban J connectivity index is 1.71. The van der Waals surface area contributed by atoms with Gasteiger partial charge in [-0.25, -0.2) is 0 Å². The molecule has 2 heterocycles. The summed E-state index contributed by atoms with van der Waals surface area (Å²) in [5.41, 5.74) is 0. The van der Waals surface area contributed by atoms with Crippen LogP contribution in [-0.2, 0) is 11.3 Å². The molecule has 1 aliphatic rings. The minimum absolute atomic E-state index is 0.0341. The maximum Gasteiger partial charge on any atom is 0.234 e. The number of nitrogens with one attached hydrogen (secondary N) is 1. The van der Waals surface area contributed by atoms with E-state index in [0.717, 1.165) is 18.7 Å². The highest BCUT2D eigenvalue weighted by atomic mass is 16.3. The third kappa shape index (κ3) is 3.58. The number of amides is 1. The molecule has 0 radical (unpaired) electrons. The summed E-state index contributed by atoms with van der Waals surface area (Å²) in [5, 5.41) is 12.6. The van der Waals surface area contributed by atoms with Crippen LogP contribution in [0, 0.1) is 5.92 Å². The first kappa shape index (κ1) is 13.1. The van der Waals surface area contributed by atoms with Crippen LogP contribution in [0.1, 0.15) is 19.1 Å². The molecule has 1 aliphatic heterocycles. The molecular formula is C13H20N2O3. The summed E-state index contributed by atoms with van der Waals surface area (Å²) in [5.74, 6) is 1.04. The van der Waals surface area contributed by atoms with Crippen molar-refractivity contribution in [2.75, 3.05) is 19.6 Å². The molecule has 2 rings (SSSR count). The smallest absolute Gasteiger partial charge is 0.234 e. The predicted molar refractivity (Wildman–Crippen MR) is 66.8 cm³/mol. The number of nitrogens with zero attached hydrogens (tertiary/aromatic N) is 1. The van der Waals surface area contributed by atoms with E-state index >= 15 is 0 Å². The Morgan fingerprint density at radius 3 is 3.17 bits per heavy atom. The molecule has 2 atom stereocenters. The first-order valence-electron chi connectivity index (χ1n) is 6.34. The number of carbonyl (C=O) groups is 1. The molecule has 0 saturated carbocycles. The molecule has 100 valence electrons. The number of likely N-dealkylation sites (tertiary alicyclic amines) is 1. The maximum absolute atomic E-state index is 11.7. The third-order valence-corrected chi connectivity index (χ3v) is 3.41. The number of rotatable bonds is 4. The van der Waals surface area contributed by atoms with Crippen molar-refractivity contribution in [3.05, 3.63) is 24.2 Å². The first-order valence-corrected chi connectivity index (χ1v) is 6.34. The number of β-amino-alcohol motifs (C(OH)–C–C–N with tert-alkyl or cyclic N) is 1. The number of furan rings is 1. The average Bonchev–Trinajstić information content (AvgIpc) is 2.84. The Bertz CT molecular complexity index is 378. The average molecular weight is 252 g/mol. The van der Waals surface area contributed by atoms with Crippen molar-refractivity contribution in [2.24, 2.45) is 5.92 Å². The van der Waals surface area contributed by atoms with Gasteiger partial charge in [0.05, 0.1) is 25.5 Å². The number of hydrogen-bond acceptors (Lipinski definition) is 4. The van der Waals surface area contributed by atoms with Gasteiger partial charge in [0.1, 0.15) is 5.76 Å². The van der Waals surface area contributed by atoms with E-state index in [0.29, 0.717) is 25.6 Å². The molecule has 0 bridgehead atoms. The van der Waals surface area contributed by atoms with Crippen LogP contribution < -0.4 is 5.32 Å². The number of aliphatic hydroxyl groups is 1. The standard InChI is InChI=1S/C13H20N2O3/c1-10-4-5-15(8-12(10)16)9-13(17)14-7-11-3-2-6-18-11/h2-3,6,10,12,16H,4-5,7-9H2,1H3,(H,14,17). The molecular weight excluding hydrogens is 232 g/mol. The fourth-order valence-electron chi connectivity index (χ4n) is 2.12. The van der Waals surface area contributed by atoms with Crippen molar-refractivity contribution in [3.8, 4) is 0 Å². The van der Waals surface area contributed by atoms with Gasteiger partial charge in [0, 0.05) is 6.54 Å². The predicted octanol–water partition coefficient (Wildman–Crippen LogP) is 0.598. The minimum atomic E-state index is -0.323. The Morgan fingerprint density at radius 2 is 2.50 bits per heavy atom. The van der Waals surface area contributed by atoms with Crippen LogP contribution in [0.5, 0.6) is 0 Å². The molecule has 0 aliphatic carbocycles. The SMILES string of the molecule is CC1CCN(CC(=O)NCc2ccco2)CC1O. The van der Waals surface area contributed by atoms with Gasteiger partial charge >= 0.3 is 0 Å². The highest BCUT2D eigenvalue weighted by Gasteiger charge is 2.25. The van der Waals surface area contributed by atoms with Gasteiger partial charge in [-0.2, -0.15) is 0 Å². The maximum atomic E-state index is 11.7. The zero-order valence-electron chi connectivity index (χ0n) is 10.6. The van der Waals surface area contributed by atoms with Gasteiger partial charge in [0.2, 0.25) is 5.91 Å². The monoisotopic (exact) mass is 252 g/mol. The van der Waals surface area contributed by atoms with Gasteiger partial charge < -0.3 is 14.8 Å². The molecule has 1 amide bonds. The van der Waals surface area contributed by atoms with E-state index in [9.17, 15) is 9.90 Å². The summed E-state index contributed by atoms with van der Waals surface area (Å²) in [6.45, 7) is 4.24. The summed E-state index contributed by atoms with van der Waals surface area (Å²) >= 11 is 0. The molecule has 5 nitrogen and oxygen atoms in total. The second-order valence-corrected chi connectivity index (χ2v) is 4.92. The lowest BCUT2D eigenvalue weighted by Crippen LogP contribution is -2.46. The van der Waals surface area contributed by atoms with Crippen LogP contribution in [0.15, 0.2) is 22.8 Å². The zero-order valence-corrected chi connectivity index (χ0v) is 10.6. The van der Waals surface area contributed by atoms with Crippen molar-refractivity contribution < 1.29 is 14.3 Å². The molecule has 0 spiro atoms. The van der Waals surface area contributed by atoms with Crippen molar-refractivity contribution in [3.63, 3.8) is 0 Å². The molecule has 1 fully saturated rings. The minimum Gasteiger partial charge on any atom is -0.467 e. The fraction of sp³-hybridized carbons (Fsp3) is 0.615. The number of carbonyl (C=O) groups excluding carboxylic acids is 1. The van der Waals surface area contributed by atoms with Crippen molar-refractivity contribution in [1.29, 1.82) is 0 Å². The molecule has 1 aromatic rings. The Labute approximate surface area is 107 Å². The Hall–Kier alpha value is -1.33. The lowest BCUT2D eigenvalue weighted by atomic mass is 9.96. The second kappa shape index (κ2) is 6.02. The topological polar surface area (TPSA) is 65.7 Å². The number of piperidine rings is 1. The van der Waals surface area contributed by atoms with Gasteiger partial charge in [-0.3, -0.25) is 9.69 Å². The van der Waals surface area contributed by atoms with Crippen LogP contribution in [0.2, 0.25) is 0 Å². The van der Waals surface area contributed by atoms with Crippen LogP contribution in [0.25, 0.3) is 0 Å². The molecule has 1 aromatic heterocycles. The molecule has 18 heavy (non-hydrogen) atoms. The fourth-order valence-corrected chi connectivity index (χ4v) is 2.12. The van der Waals surface area contributed by atoms with Crippen LogP contribution in [0.4, 0.5) is 0 Å². The van der Waals surface area contributed by atoms with E-state index in [1.807, 2.05) is 17.9 Å². The first-order chi connectivity index (χ1) is 8.65. The summed E-state index contributed by atoms with van der Waals surface area (Å²) in [6, 6.07) is 3.62. The van der Waals surface area contributed by atoms with Crippen molar-refractivity contribution in [1.82, 2.24) is 10.2 Å². The summed E-state index contributed by atoms with van der Waals surface area (Å²) < 4.78 is 5.14. The lowest BCUT2D eigenvalue weighted by Gasteiger charge is -2.33. The summed E-state index contributed by atoms with van der Waals surface area (Å²) in [7, 11) is 0. The van der Waals surface area contributed by atoms with E-state index in [4.69, 9.17) is 4.42 Å². The molecule has 1 saturated heterocycles. The van der Waals surface area contributed by atoms with E-state index in [1.165, 1.54) is 0 Å². The number of hydrogen-bond donors (Lipinski definition) is 2. The van der Waals surface area contributed by atoms with E-state index in [-0.39, 0.29) is 12.0 Å². The van der Waals surface area contributed by atoms with E-state index in [2.05, 4.69) is 5.32 Å². The van der Waals surface area contributed by atoms with Gasteiger partial charge in [0.15, 0.2) is 0 Å². The normalized spacial score (nSPS) is 25.0. The molecule has 2 unspecified atom stereocenters. The van der Waals surface area contributed by atoms with Crippen LogP contribution in [0.3, 0.4) is 0 Å². The lowest BCUT2D eigenvalue weighted by molar-refractivity contribution is -0.123. The van der Waals surface area contributed by atoms with E-state index < -0.39 is 0 Å². The van der Waals surface area contributed by atoms with Crippen molar-refractivity contribution >= 4 is 5.91 Å². The Morgan fingerprint density at radius 1 is 1.67 bits per heavy atom. The van der Waals surface area contributed by atoms with Gasteiger partial charge in [-0.15, -0.1) is 0 Å². The van der Waals surface area contributed by atoms with Gasteiger partial charge in [0.25, 0.3) is 0 Å². The van der Waals surface area contributed by atoms with Gasteiger partial charge in [-0.1, -0.05) is 6.92 Å². The molecule has 2 N–H and O–H groups in total. The largest absolute Gasteiger partial charge is 0.467 e. The second-order valence-electron chi connectivity index (χ2n) is 4.92. The van der Waals surface area contributed by atoms with E-state index in [1.54, 1.807) is 12.3 Å². The highest BCUT2D eigenvalue weighted by Crippen LogP contribution is 2.16. The summed E-state index contributed by atoms with van der Waals surface area (Å²) in [6.07, 6.45) is 2.20. The highest BCUT2D eigenvalue weighted by molar-refractivity contribution is 5.77. The van der Waals surface area contributed by atoms with Gasteiger partial charge in [-0.05, 0) is 31.0 Å². The Kier molecular flexibility index (Phi) is 4.38. The molecule has 0 aromatic carbocycles. The zero-order chi connectivity index (χ0) is 13.0. The quantitative estimate of drug-likeness (QED) is 0.823. The van der Waals surface area contributed by atoms with Crippen LogP contribution >= 0.6 is 0 Å². The molecule has 5 heteroatoms. The number of aliphatic hydroxyl groups excluding tert-OH is 1. The van der Waals surface area contributed by atoms with Crippen LogP contribution in [-0.4, -0.2) is 41.7 Å².